The number of rotatable bonds is 13. The number of sulfonamides is 1. The molecule has 0 fully saturated rings. The van der Waals surface area contributed by atoms with Crippen LogP contribution in [-0.2, 0) is 29.2 Å². The second-order valence-electron chi connectivity index (χ2n) is 7.99. The fourth-order valence-electron chi connectivity index (χ4n) is 3.39. The smallest absolute Gasteiger partial charge is 0.322 e. The molecule has 2 aromatic rings. The number of thiol groups is 1. The molecule has 5 N–H and O–H groups in total. The van der Waals surface area contributed by atoms with Crippen molar-refractivity contribution in [2.45, 2.75) is 29.8 Å². The summed E-state index contributed by atoms with van der Waals surface area (Å²) in [6.07, 6.45) is -0.819. The summed E-state index contributed by atoms with van der Waals surface area (Å²) in [5.74, 6) is -4.39. The first-order valence-electron chi connectivity index (χ1n) is 10.7. The lowest BCUT2D eigenvalue weighted by atomic mass is 10.1. The molecule has 0 heterocycles. The summed E-state index contributed by atoms with van der Waals surface area (Å²) < 4.78 is 28.4. The Balaban J connectivity index is 2.15. The van der Waals surface area contributed by atoms with Gasteiger partial charge in [0.1, 0.15) is 18.6 Å². The Hall–Kier alpha value is -3.36. The Morgan fingerprint density at radius 1 is 1.00 bits per heavy atom. The summed E-state index contributed by atoms with van der Waals surface area (Å²) in [5.41, 5.74) is 0.780. The van der Waals surface area contributed by atoms with E-state index in [0.717, 1.165) is 5.69 Å². The Morgan fingerprint density at radius 3 is 2.22 bits per heavy atom. The van der Waals surface area contributed by atoms with Gasteiger partial charge in [-0.2, -0.15) is 17.4 Å². The van der Waals surface area contributed by atoms with Gasteiger partial charge in [-0.15, -0.1) is 0 Å². The Bertz CT molecular complexity index is 1250. The lowest BCUT2D eigenvalue weighted by Gasteiger charge is -2.19. The summed E-state index contributed by atoms with van der Waals surface area (Å²) in [6.45, 7) is -0.647. The van der Waals surface area contributed by atoms with Crippen molar-refractivity contribution in [3.05, 3.63) is 36.4 Å². The standard InChI is InChI=1S/C22H28N4O8S2/c1-26(2)17-7-3-6-14-13(17)5-4-8-18(14)36(33,34)25-15(22(31)32)9-10-19(27)24-16(12-35)21(30)23-11-20(28)29/h3-8,15-16,25,35H,9-12H2,1-2H3,(H,23,30)(H,24,27)(H,28,29)(H,31,32)/t15-,16-/m0/s1. The van der Waals surface area contributed by atoms with Crippen molar-refractivity contribution in [1.82, 2.24) is 15.4 Å². The van der Waals surface area contributed by atoms with Crippen LogP contribution in [0.15, 0.2) is 41.3 Å². The van der Waals surface area contributed by atoms with Crippen LogP contribution in [0.5, 0.6) is 0 Å². The highest BCUT2D eigenvalue weighted by Crippen LogP contribution is 2.30. The Labute approximate surface area is 213 Å². The Morgan fingerprint density at radius 2 is 1.64 bits per heavy atom. The minimum atomic E-state index is -4.29. The van der Waals surface area contributed by atoms with Gasteiger partial charge >= 0.3 is 11.9 Å². The molecule has 36 heavy (non-hydrogen) atoms. The second kappa shape index (κ2) is 12.6. The predicted molar refractivity (Wildman–Crippen MR) is 136 cm³/mol. The van der Waals surface area contributed by atoms with Gasteiger partial charge in [0.15, 0.2) is 0 Å². The van der Waals surface area contributed by atoms with Crippen LogP contribution in [0.1, 0.15) is 12.8 Å². The normalized spacial score (nSPS) is 13.0. The van der Waals surface area contributed by atoms with Crippen LogP contribution in [0.2, 0.25) is 0 Å². The minimum absolute atomic E-state index is 0.107. The first kappa shape index (κ1) is 28.9. The molecule has 0 radical (unpaired) electrons. The van der Waals surface area contributed by atoms with Crippen molar-refractivity contribution >= 4 is 62.9 Å². The van der Waals surface area contributed by atoms with E-state index in [1.807, 2.05) is 25.1 Å². The molecule has 2 rings (SSSR count). The average Bonchev–Trinajstić information content (AvgIpc) is 2.82. The average molecular weight is 541 g/mol. The SMILES string of the molecule is CN(C)c1cccc2c(S(=O)(=O)N[C@@H](CCC(=O)N[C@@H](CS)C(=O)NCC(=O)O)C(=O)O)cccc12. The monoisotopic (exact) mass is 540 g/mol. The van der Waals surface area contributed by atoms with Crippen LogP contribution in [0.4, 0.5) is 5.69 Å². The number of nitrogens with zero attached hydrogens (tertiary/aromatic N) is 1. The van der Waals surface area contributed by atoms with Crippen molar-refractivity contribution in [3.8, 4) is 0 Å². The van der Waals surface area contributed by atoms with E-state index in [-0.39, 0.29) is 10.6 Å². The van der Waals surface area contributed by atoms with Crippen LogP contribution in [0.25, 0.3) is 10.8 Å². The molecule has 2 atom stereocenters. The molecule has 0 unspecified atom stereocenters. The predicted octanol–water partition coefficient (Wildman–Crippen LogP) is 0.0329. The highest BCUT2D eigenvalue weighted by Gasteiger charge is 2.28. The van der Waals surface area contributed by atoms with Crippen LogP contribution >= 0.6 is 12.6 Å². The van der Waals surface area contributed by atoms with Gasteiger partial charge in [-0.25, -0.2) is 8.42 Å². The maximum atomic E-state index is 13.1. The third kappa shape index (κ3) is 7.57. The zero-order valence-electron chi connectivity index (χ0n) is 19.6. The van der Waals surface area contributed by atoms with E-state index in [1.165, 1.54) is 6.07 Å². The maximum absolute atomic E-state index is 13.1. The number of fused-ring (bicyclic) bond motifs is 1. The lowest BCUT2D eigenvalue weighted by molar-refractivity contribution is -0.139. The van der Waals surface area contributed by atoms with Crippen LogP contribution < -0.4 is 20.3 Å². The summed E-state index contributed by atoms with van der Waals surface area (Å²) in [5, 5.41) is 23.7. The zero-order valence-corrected chi connectivity index (χ0v) is 21.3. The van der Waals surface area contributed by atoms with E-state index in [1.54, 1.807) is 24.3 Å². The number of carbonyl (C=O) groups is 4. The second-order valence-corrected chi connectivity index (χ2v) is 10.0. The van der Waals surface area contributed by atoms with Crippen molar-refractivity contribution in [3.63, 3.8) is 0 Å². The molecular formula is C22H28N4O8S2. The molecule has 14 heteroatoms. The first-order chi connectivity index (χ1) is 16.9. The molecule has 0 aliphatic heterocycles. The van der Waals surface area contributed by atoms with E-state index >= 15 is 0 Å². The third-order valence-corrected chi connectivity index (χ3v) is 7.03. The van der Waals surface area contributed by atoms with Gasteiger partial charge in [0, 0.05) is 42.7 Å². The largest absolute Gasteiger partial charge is 0.480 e. The molecule has 0 aromatic heterocycles. The van der Waals surface area contributed by atoms with Gasteiger partial charge in [0.2, 0.25) is 21.8 Å². The fraction of sp³-hybridized carbons (Fsp3) is 0.364. The van der Waals surface area contributed by atoms with Crippen molar-refractivity contribution < 1.29 is 37.8 Å². The molecule has 0 aliphatic rings. The van der Waals surface area contributed by atoms with Crippen molar-refractivity contribution in [2.24, 2.45) is 0 Å². The van der Waals surface area contributed by atoms with E-state index in [9.17, 15) is 32.7 Å². The summed E-state index contributed by atoms with van der Waals surface area (Å²) >= 11 is 3.95. The van der Waals surface area contributed by atoms with Crippen molar-refractivity contribution in [2.75, 3.05) is 31.3 Å². The zero-order chi connectivity index (χ0) is 27.0. The van der Waals surface area contributed by atoms with Gasteiger partial charge in [-0.3, -0.25) is 19.2 Å². The maximum Gasteiger partial charge on any atom is 0.322 e. The summed E-state index contributed by atoms with van der Waals surface area (Å²) in [6, 6.07) is 7.04. The van der Waals surface area contributed by atoms with Gasteiger partial charge in [-0.05, 0) is 18.6 Å². The fourth-order valence-corrected chi connectivity index (χ4v) is 5.10. The number of carbonyl (C=O) groups excluding carboxylic acids is 2. The number of carboxylic acids is 2. The molecule has 12 nitrogen and oxygen atoms in total. The highest BCUT2D eigenvalue weighted by molar-refractivity contribution is 7.89. The van der Waals surface area contributed by atoms with E-state index < -0.39 is 65.2 Å². The lowest BCUT2D eigenvalue weighted by Crippen LogP contribution is -2.49. The number of hydrogen-bond acceptors (Lipinski definition) is 8. The number of aliphatic carboxylic acids is 2. The number of benzene rings is 2. The summed E-state index contributed by atoms with van der Waals surface area (Å²) in [7, 11) is -0.665. The van der Waals surface area contributed by atoms with Gasteiger partial charge in [-0.1, -0.05) is 24.3 Å². The molecule has 0 aliphatic carbocycles. The van der Waals surface area contributed by atoms with Gasteiger partial charge < -0.3 is 25.7 Å². The van der Waals surface area contributed by atoms with Crippen LogP contribution in [0, 0.1) is 0 Å². The minimum Gasteiger partial charge on any atom is -0.480 e. The Kier molecular flexibility index (Phi) is 10.1. The molecule has 0 saturated heterocycles. The third-order valence-electron chi connectivity index (χ3n) is 5.13. The van der Waals surface area contributed by atoms with E-state index in [0.29, 0.717) is 10.8 Å². The molecule has 2 aromatic carbocycles. The van der Waals surface area contributed by atoms with Gasteiger partial charge in [0.05, 0.1) is 4.90 Å². The van der Waals surface area contributed by atoms with Gasteiger partial charge in [0.25, 0.3) is 0 Å². The van der Waals surface area contributed by atoms with Crippen LogP contribution in [-0.4, -0.2) is 80.9 Å². The first-order valence-corrected chi connectivity index (χ1v) is 12.8. The molecule has 0 spiro atoms. The molecule has 0 bridgehead atoms. The number of carboxylic acid groups (broad SMARTS) is 2. The molecule has 0 saturated carbocycles. The number of hydrogen-bond donors (Lipinski definition) is 6. The molecule has 2 amide bonds. The quantitative estimate of drug-likeness (QED) is 0.191. The topological polar surface area (TPSA) is 182 Å². The molecular weight excluding hydrogens is 512 g/mol. The number of anilines is 1. The van der Waals surface area contributed by atoms with Crippen LogP contribution in [0.3, 0.4) is 0 Å². The van der Waals surface area contributed by atoms with Crippen molar-refractivity contribution in [1.29, 1.82) is 0 Å². The highest BCUT2D eigenvalue weighted by atomic mass is 32.2. The number of nitrogens with one attached hydrogen (secondary N) is 3. The number of amides is 2. The molecule has 196 valence electrons. The van der Waals surface area contributed by atoms with E-state index in [2.05, 4.69) is 28.0 Å². The van der Waals surface area contributed by atoms with E-state index in [4.69, 9.17) is 5.11 Å². The summed E-state index contributed by atoms with van der Waals surface area (Å²) in [4.78, 5) is 48.3.